The number of carbonyl (C=O) groups excluding carboxylic acids is 1. The largest absolute Gasteiger partial charge is 0.294 e. The summed E-state index contributed by atoms with van der Waals surface area (Å²) in [6.45, 7) is 2.10. The minimum atomic E-state index is 0.262. The zero-order valence-electron chi connectivity index (χ0n) is 7.42. The Morgan fingerprint density at radius 3 is 2.50 bits per heavy atom. The second-order valence-electron chi connectivity index (χ2n) is 2.89. The molecule has 0 saturated carbocycles. The van der Waals surface area contributed by atoms with E-state index in [1.165, 1.54) is 0 Å². The lowest BCUT2D eigenvalue weighted by Crippen LogP contribution is -1.97. The lowest BCUT2D eigenvalue weighted by atomic mass is 9.72. The summed E-state index contributed by atoms with van der Waals surface area (Å²) in [5.74, 6) is 0.262. The van der Waals surface area contributed by atoms with Gasteiger partial charge in [-0.1, -0.05) is 43.7 Å². The lowest BCUT2D eigenvalue weighted by Gasteiger charge is -1.97. The van der Waals surface area contributed by atoms with Gasteiger partial charge in [-0.15, -0.1) is 0 Å². The fraction of sp³-hybridized carbons (Fsp3) is 0.364. The Balaban J connectivity index is 2.54. The first-order valence-corrected chi connectivity index (χ1v) is 4.43. The van der Waals surface area contributed by atoms with Gasteiger partial charge in [0, 0.05) is 12.0 Å². The molecule has 0 aliphatic heterocycles. The molecule has 0 saturated heterocycles. The molecule has 1 nitrogen and oxygen atoms in total. The van der Waals surface area contributed by atoms with Crippen molar-refractivity contribution >= 4 is 5.78 Å². The van der Waals surface area contributed by atoms with Crippen molar-refractivity contribution in [1.82, 2.24) is 0 Å². The Kier molecular flexibility index (Phi) is 3.52. The summed E-state index contributed by atoms with van der Waals surface area (Å²) in [6, 6.07) is 9.48. The van der Waals surface area contributed by atoms with Crippen LogP contribution in [0.3, 0.4) is 0 Å². The fourth-order valence-electron chi connectivity index (χ4n) is 1.11. The third kappa shape index (κ3) is 2.50. The minimum Gasteiger partial charge on any atom is -0.294 e. The Hall–Kier alpha value is -1.11. The summed E-state index contributed by atoms with van der Waals surface area (Å²) in [7, 11) is 0. The Bertz CT molecular complexity index is 238. The van der Waals surface area contributed by atoms with E-state index in [1.54, 1.807) is 0 Å². The Labute approximate surface area is 73.4 Å². The zero-order valence-corrected chi connectivity index (χ0v) is 7.42. The van der Waals surface area contributed by atoms with Crippen LogP contribution in [0.5, 0.6) is 0 Å². The van der Waals surface area contributed by atoms with Gasteiger partial charge in [0.2, 0.25) is 0 Å². The van der Waals surface area contributed by atoms with Crippen LogP contribution in [0.2, 0.25) is 0 Å². The Morgan fingerprint density at radius 2 is 1.92 bits per heavy atom. The molecule has 0 heterocycles. The molecule has 0 N–H and O–H groups in total. The van der Waals surface area contributed by atoms with Crippen LogP contribution in [0.4, 0.5) is 0 Å². The molecule has 1 aromatic carbocycles. The third-order valence-corrected chi connectivity index (χ3v) is 1.85. The first-order chi connectivity index (χ1) is 5.84. The highest BCUT2D eigenvalue weighted by molar-refractivity contribution is 5.95. The number of rotatable bonds is 4. The predicted molar refractivity (Wildman–Crippen MR) is 50.3 cm³/mol. The molecule has 0 aliphatic rings. The summed E-state index contributed by atoms with van der Waals surface area (Å²) >= 11 is 0. The number of hydrogen-bond acceptors (Lipinski definition) is 1. The summed E-state index contributed by atoms with van der Waals surface area (Å²) in [4.78, 5) is 11.4. The highest BCUT2D eigenvalue weighted by atomic mass is 16.1. The highest BCUT2D eigenvalue weighted by Crippen LogP contribution is 2.05. The molecular formula is C11H14O. The number of unbranched alkanes of at least 4 members (excludes halogenated alkanes) is 1. The average Bonchev–Trinajstić information content (AvgIpc) is 2.15. The van der Waals surface area contributed by atoms with E-state index in [0.717, 1.165) is 18.4 Å². The number of hydrogen-bond donors (Lipinski definition) is 0. The summed E-state index contributed by atoms with van der Waals surface area (Å²) in [5, 5.41) is 0. The van der Waals surface area contributed by atoms with E-state index < -0.39 is 0 Å². The van der Waals surface area contributed by atoms with Crippen molar-refractivity contribution in [2.24, 2.45) is 0 Å². The molecule has 1 heteroatoms. The number of benzene rings is 1. The van der Waals surface area contributed by atoms with Gasteiger partial charge < -0.3 is 0 Å². The van der Waals surface area contributed by atoms with E-state index in [9.17, 15) is 4.79 Å². The zero-order chi connectivity index (χ0) is 8.81. The summed E-state index contributed by atoms with van der Waals surface area (Å²) in [5.41, 5.74) is 0.839. The second kappa shape index (κ2) is 4.70. The van der Waals surface area contributed by atoms with Crippen LogP contribution < -0.4 is 0 Å². The predicted octanol–water partition coefficient (Wildman–Crippen LogP) is 3.06. The molecule has 0 spiro atoms. The third-order valence-electron chi connectivity index (χ3n) is 1.85. The molecule has 1 rings (SSSR count). The van der Waals surface area contributed by atoms with Crippen LogP contribution in [0.1, 0.15) is 36.5 Å². The van der Waals surface area contributed by atoms with E-state index in [1.807, 2.05) is 30.3 Å². The van der Waals surface area contributed by atoms with Gasteiger partial charge in [0.25, 0.3) is 0 Å². The van der Waals surface area contributed by atoms with Gasteiger partial charge in [-0.3, -0.25) is 4.79 Å². The summed E-state index contributed by atoms with van der Waals surface area (Å²) < 4.78 is 0. The molecule has 0 aromatic heterocycles. The number of Topliss-reactive ketones (excluding diaryl/α,β-unsaturated/α-hetero) is 1. The number of carbonyl (C=O) groups is 1. The van der Waals surface area contributed by atoms with Crippen LogP contribution >= 0.6 is 0 Å². The van der Waals surface area contributed by atoms with E-state index >= 15 is 0 Å². The van der Waals surface area contributed by atoms with Gasteiger partial charge in [0.05, 0.1) is 0 Å². The van der Waals surface area contributed by atoms with Crippen molar-refractivity contribution in [3.63, 3.8) is 0 Å². The fourth-order valence-corrected chi connectivity index (χ4v) is 1.11. The quantitative estimate of drug-likeness (QED) is 0.620. The van der Waals surface area contributed by atoms with Crippen LogP contribution in [0.15, 0.2) is 30.3 Å². The smallest absolute Gasteiger partial charge is 0.162 e. The van der Waals surface area contributed by atoms with Crippen molar-refractivity contribution in [2.75, 3.05) is 0 Å². The topological polar surface area (TPSA) is 17.1 Å². The lowest BCUT2D eigenvalue weighted by molar-refractivity contribution is 0.0980. The molecule has 12 heavy (non-hydrogen) atoms. The Morgan fingerprint density at radius 1 is 1.25 bits per heavy atom. The molecule has 1 aromatic rings. The van der Waals surface area contributed by atoms with E-state index in [-0.39, 0.29) is 5.78 Å². The van der Waals surface area contributed by atoms with Gasteiger partial charge in [-0.25, -0.2) is 0 Å². The standard InChI is InChI=1S/C11H14O/c1-2-3-9-11(12)10-7-5-4-6-8-10/h4-8H,2-3,9H2,1H3/i11-1. The molecule has 0 atom stereocenters. The maximum absolute atomic E-state index is 11.4. The van der Waals surface area contributed by atoms with Gasteiger partial charge >= 0.3 is 0 Å². The van der Waals surface area contributed by atoms with Crippen LogP contribution in [0, 0.1) is 0 Å². The van der Waals surface area contributed by atoms with Crippen molar-refractivity contribution < 1.29 is 4.79 Å². The first-order valence-electron chi connectivity index (χ1n) is 4.43. The van der Waals surface area contributed by atoms with Crippen LogP contribution in [-0.4, -0.2) is 5.78 Å². The molecule has 0 unspecified atom stereocenters. The van der Waals surface area contributed by atoms with Gasteiger partial charge in [-0.2, -0.15) is 0 Å². The van der Waals surface area contributed by atoms with Gasteiger partial charge in [0.15, 0.2) is 5.78 Å². The van der Waals surface area contributed by atoms with Crippen molar-refractivity contribution in [2.45, 2.75) is 26.2 Å². The van der Waals surface area contributed by atoms with Crippen LogP contribution in [-0.2, 0) is 0 Å². The minimum absolute atomic E-state index is 0.262. The monoisotopic (exact) mass is 161 g/mol. The van der Waals surface area contributed by atoms with E-state index in [0.29, 0.717) is 6.42 Å². The molecule has 0 bridgehead atoms. The normalized spacial score (nSPS) is 9.75. The average molecular weight is 161 g/mol. The van der Waals surface area contributed by atoms with Gasteiger partial charge in [-0.05, 0) is 6.42 Å². The second-order valence-corrected chi connectivity index (χ2v) is 2.89. The van der Waals surface area contributed by atoms with Gasteiger partial charge in [0.1, 0.15) is 0 Å². The molecule has 0 fully saturated rings. The SMILES string of the molecule is CCCC[11C](=O)c1ccccc1. The maximum Gasteiger partial charge on any atom is 0.162 e. The van der Waals surface area contributed by atoms with Crippen molar-refractivity contribution in [3.05, 3.63) is 35.9 Å². The molecule has 0 aliphatic carbocycles. The molecule has 0 amide bonds. The first kappa shape index (κ1) is 8.98. The summed E-state index contributed by atoms with van der Waals surface area (Å²) in [6.07, 6.45) is 2.76. The van der Waals surface area contributed by atoms with Crippen molar-refractivity contribution in [1.29, 1.82) is 0 Å². The highest BCUT2D eigenvalue weighted by Gasteiger charge is 2.02. The molecular weight excluding hydrogens is 147 g/mol. The van der Waals surface area contributed by atoms with Crippen molar-refractivity contribution in [3.8, 4) is 0 Å². The van der Waals surface area contributed by atoms with E-state index in [2.05, 4.69) is 6.92 Å². The number of ketones is 1. The maximum atomic E-state index is 11.4. The molecule has 0 radical (unpaired) electrons. The molecule has 64 valence electrons. The van der Waals surface area contributed by atoms with Crippen LogP contribution in [0.25, 0.3) is 0 Å². The van der Waals surface area contributed by atoms with E-state index in [4.69, 9.17) is 0 Å².